The van der Waals surface area contributed by atoms with Crippen molar-refractivity contribution >= 4 is 27.7 Å². The summed E-state index contributed by atoms with van der Waals surface area (Å²) in [4.78, 5) is 8.65. The third kappa shape index (κ3) is 3.55. The standard InChI is InChI=1S/C9H13BrN2OS/c1-6(2)9-11-7(10)5-8(12-9)14-4-3-13/h5-6,13H,3-4H2,1-2H3. The lowest BCUT2D eigenvalue weighted by Crippen LogP contribution is -1.99. The molecule has 0 aliphatic heterocycles. The van der Waals surface area contributed by atoms with Gasteiger partial charge < -0.3 is 5.11 Å². The van der Waals surface area contributed by atoms with Crippen LogP contribution in [0.4, 0.5) is 0 Å². The Morgan fingerprint density at radius 3 is 2.79 bits per heavy atom. The minimum atomic E-state index is 0.170. The van der Waals surface area contributed by atoms with Gasteiger partial charge in [-0.25, -0.2) is 9.97 Å². The minimum absolute atomic E-state index is 0.170. The lowest BCUT2D eigenvalue weighted by molar-refractivity contribution is 0.322. The number of nitrogens with zero attached hydrogens (tertiary/aromatic N) is 2. The van der Waals surface area contributed by atoms with Crippen LogP contribution in [0, 0.1) is 0 Å². The molecule has 0 aliphatic rings. The lowest BCUT2D eigenvalue weighted by Gasteiger charge is -2.06. The van der Waals surface area contributed by atoms with Crippen molar-refractivity contribution in [1.29, 1.82) is 0 Å². The van der Waals surface area contributed by atoms with Crippen LogP contribution >= 0.6 is 27.7 Å². The fourth-order valence-electron chi connectivity index (χ4n) is 0.896. The van der Waals surface area contributed by atoms with Gasteiger partial charge in [-0.3, -0.25) is 0 Å². The van der Waals surface area contributed by atoms with Crippen molar-refractivity contribution in [2.45, 2.75) is 24.8 Å². The van der Waals surface area contributed by atoms with Crippen LogP contribution in [-0.4, -0.2) is 27.4 Å². The molecule has 0 aromatic carbocycles. The Hall–Kier alpha value is -0.130. The zero-order valence-corrected chi connectivity index (χ0v) is 10.6. The van der Waals surface area contributed by atoms with E-state index in [1.807, 2.05) is 6.07 Å². The summed E-state index contributed by atoms with van der Waals surface area (Å²) in [5, 5.41) is 9.61. The van der Waals surface area contributed by atoms with Crippen LogP contribution in [0.5, 0.6) is 0 Å². The van der Waals surface area contributed by atoms with Crippen LogP contribution in [0.15, 0.2) is 15.7 Å². The van der Waals surface area contributed by atoms with Crippen molar-refractivity contribution in [1.82, 2.24) is 9.97 Å². The Bertz CT molecular complexity index is 307. The predicted octanol–water partition coefficient (Wildman–Crippen LogP) is 2.45. The second-order valence-corrected chi connectivity index (χ2v) is 5.04. The molecule has 1 rings (SSSR count). The van der Waals surface area contributed by atoms with Gasteiger partial charge in [0, 0.05) is 17.7 Å². The van der Waals surface area contributed by atoms with E-state index in [-0.39, 0.29) is 6.61 Å². The molecular weight excluding hydrogens is 264 g/mol. The monoisotopic (exact) mass is 276 g/mol. The number of thioether (sulfide) groups is 1. The minimum Gasteiger partial charge on any atom is -0.396 e. The third-order valence-corrected chi connectivity index (χ3v) is 2.84. The molecule has 0 atom stereocenters. The number of aromatic nitrogens is 2. The first kappa shape index (κ1) is 11.9. The molecule has 0 bridgehead atoms. The smallest absolute Gasteiger partial charge is 0.133 e. The van der Waals surface area contributed by atoms with Crippen LogP contribution in [0.2, 0.25) is 0 Å². The van der Waals surface area contributed by atoms with Crippen molar-refractivity contribution in [2.75, 3.05) is 12.4 Å². The summed E-state index contributed by atoms with van der Waals surface area (Å²) in [6.07, 6.45) is 0. The highest BCUT2D eigenvalue weighted by molar-refractivity contribution is 9.10. The lowest BCUT2D eigenvalue weighted by atomic mass is 10.2. The molecule has 5 heteroatoms. The number of hydrogen-bond donors (Lipinski definition) is 1. The summed E-state index contributed by atoms with van der Waals surface area (Å²) >= 11 is 4.88. The fraction of sp³-hybridized carbons (Fsp3) is 0.556. The maximum Gasteiger partial charge on any atom is 0.133 e. The van der Waals surface area contributed by atoms with E-state index >= 15 is 0 Å². The number of halogens is 1. The Kier molecular flexibility index (Phi) is 4.84. The molecule has 0 saturated carbocycles. The van der Waals surface area contributed by atoms with Crippen molar-refractivity contribution in [3.8, 4) is 0 Å². The molecule has 14 heavy (non-hydrogen) atoms. The van der Waals surface area contributed by atoms with Gasteiger partial charge in [-0.15, -0.1) is 11.8 Å². The van der Waals surface area contributed by atoms with Crippen LogP contribution < -0.4 is 0 Å². The number of aliphatic hydroxyl groups excluding tert-OH is 1. The van der Waals surface area contributed by atoms with Gasteiger partial charge in [-0.2, -0.15) is 0 Å². The van der Waals surface area contributed by atoms with E-state index in [9.17, 15) is 0 Å². The summed E-state index contributed by atoms with van der Waals surface area (Å²) in [6, 6.07) is 1.87. The van der Waals surface area contributed by atoms with E-state index in [1.54, 1.807) is 0 Å². The third-order valence-electron chi connectivity index (χ3n) is 1.55. The van der Waals surface area contributed by atoms with Gasteiger partial charge in [0.1, 0.15) is 15.5 Å². The first-order chi connectivity index (χ1) is 6.63. The first-order valence-corrected chi connectivity index (χ1v) is 6.19. The second-order valence-electron chi connectivity index (χ2n) is 3.11. The van der Waals surface area contributed by atoms with E-state index in [1.165, 1.54) is 11.8 Å². The Morgan fingerprint density at radius 2 is 2.21 bits per heavy atom. The van der Waals surface area contributed by atoms with Crippen molar-refractivity contribution in [2.24, 2.45) is 0 Å². The molecule has 78 valence electrons. The Labute approximate surface area is 96.5 Å². The average molecular weight is 277 g/mol. The summed E-state index contributed by atoms with van der Waals surface area (Å²) in [5.41, 5.74) is 0. The van der Waals surface area contributed by atoms with Gasteiger partial charge in [-0.05, 0) is 15.9 Å². The Morgan fingerprint density at radius 1 is 1.50 bits per heavy atom. The highest BCUT2D eigenvalue weighted by Gasteiger charge is 2.06. The quantitative estimate of drug-likeness (QED) is 0.678. The molecule has 0 spiro atoms. The molecule has 0 fully saturated rings. The van der Waals surface area contributed by atoms with E-state index in [4.69, 9.17) is 5.11 Å². The van der Waals surface area contributed by atoms with Gasteiger partial charge in [0.15, 0.2) is 0 Å². The summed E-state index contributed by atoms with van der Waals surface area (Å²) in [6.45, 7) is 4.29. The zero-order chi connectivity index (χ0) is 10.6. The highest BCUT2D eigenvalue weighted by Crippen LogP contribution is 2.21. The van der Waals surface area contributed by atoms with Crippen LogP contribution in [0.3, 0.4) is 0 Å². The average Bonchev–Trinajstić information content (AvgIpc) is 2.14. The van der Waals surface area contributed by atoms with Crippen LogP contribution in [0.1, 0.15) is 25.6 Å². The maximum absolute atomic E-state index is 8.70. The van der Waals surface area contributed by atoms with E-state index < -0.39 is 0 Å². The Balaban J connectivity index is 2.84. The zero-order valence-electron chi connectivity index (χ0n) is 8.20. The topological polar surface area (TPSA) is 46.0 Å². The SMILES string of the molecule is CC(C)c1nc(Br)cc(SCCO)n1. The molecule has 0 amide bonds. The highest BCUT2D eigenvalue weighted by atomic mass is 79.9. The summed E-state index contributed by atoms with van der Waals surface area (Å²) in [5.74, 6) is 1.82. The second kappa shape index (κ2) is 5.68. The molecule has 1 aromatic rings. The molecular formula is C9H13BrN2OS. The summed E-state index contributed by atoms with van der Waals surface area (Å²) < 4.78 is 0.802. The molecule has 3 nitrogen and oxygen atoms in total. The van der Waals surface area contributed by atoms with Crippen molar-refractivity contribution in [3.05, 3.63) is 16.5 Å². The predicted molar refractivity (Wildman–Crippen MR) is 61.6 cm³/mol. The fourth-order valence-corrected chi connectivity index (χ4v) is 2.10. The molecule has 0 saturated heterocycles. The summed E-state index contributed by atoms with van der Waals surface area (Å²) in [7, 11) is 0. The molecule has 1 heterocycles. The first-order valence-electron chi connectivity index (χ1n) is 4.41. The van der Waals surface area contributed by atoms with Gasteiger partial charge >= 0.3 is 0 Å². The van der Waals surface area contributed by atoms with Gasteiger partial charge in [0.25, 0.3) is 0 Å². The largest absolute Gasteiger partial charge is 0.396 e. The van der Waals surface area contributed by atoms with Gasteiger partial charge in [-0.1, -0.05) is 13.8 Å². The van der Waals surface area contributed by atoms with Crippen LogP contribution in [0.25, 0.3) is 0 Å². The van der Waals surface area contributed by atoms with Gasteiger partial charge in [0.05, 0.1) is 6.61 Å². The van der Waals surface area contributed by atoms with Crippen molar-refractivity contribution in [3.63, 3.8) is 0 Å². The van der Waals surface area contributed by atoms with Crippen LogP contribution in [-0.2, 0) is 0 Å². The normalized spacial score (nSPS) is 10.9. The van der Waals surface area contributed by atoms with Crippen molar-refractivity contribution < 1.29 is 5.11 Å². The van der Waals surface area contributed by atoms with E-state index in [0.29, 0.717) is 11.7 Å². The number of aliphatic hydroxyl groups is 1. The van der Waals surface area contributed by atoms with E-state index in [0.717, 1.165) is 15.5 Å². The number of hydrogen-bond acceptors (Lipinski definition) is 4. The van der Waals surface area contributed by atoms with Gasteiger partial charge in [0.2, 0.25) is 0 Å². The molecule has 0 unspecified atom stereocenters. The molecule has 1 aromatic heterocycles. The molecule has 0 aliphatic carbocycles. The maximum atomic E-state index is 8.70. The molecule has 0 radical (unpaired) electrons. The van der Waals surface area contributed by atoms with E-state index in [2.05, 4.69) is 39.7 Å². The molecule has 1 N–H and O–H groups in total. The number of rotatable bonds is 4.